The van der Waals surface area contributed by atoms with E-state index >= 15 is 0 Å². The second kappa shape index (κ2) is 15.5. The number of carbonyl (C=O) groups excluding carboxylic acids is 2. The lowest BCUT2D eigenvalue weighted by Crippen LogP contribution is -2.08. The number of unbranched alkanes of at least 4 members (excludes halogenated alkanes) is 2. The van der Waals surface area contributed by atoms with E-state index in [0.717, 1.165) is 42.2 Å². The lowest BCUT2D eigenvalue weighted by atomic mass is 9.97. The first-order valence-electron chi connectivity index (χ1n) is 13.9. The van der Waals surface area contributed by atoms with Crippen LogP contribution in [0.25, 0.3) is 22.1 Å². The lowest BCUT2D eigenvalue weighted by Gasteiger charge is -2.12. The van der Waals surface area contributed by atoms with Crippen LogP contribution in [0.3, 0.4) is 0 Å². The van der Waals surface area contributed by atoms with Crippen LogP contribution in [0, 0.1) is 0 Å². The van der Waals surface area contributed by atoms with Crippen molar-refractivity contribution in [2.75, 3.05) is 13.2 Å². The maximum absolute atomic E-state index is 13.1. The molecule has 1 heterocycles. The Morgan fingerprint density at radius 1 is 0.810 bits per heavy atom. The van der Waals surface area contributed by atoms with Crippen LogP contribution < -0.4 is 10.4 Å². The number of benzene rings is 2. The molecule has 0 unspecified atom stereocenters. The summed E-state index contributed by atoms with van der Waals surface area (Å²) in [5.41, 5.74) is 3.83. The Balaban J connectivity index is 1.82. The number of carbonyl (C=O) groups is 2. The molecule has 8 nitrogen and oxygen atoms in total. The van der Waals surface area contributed by atoms with E-state index in [0.29, 0.717) is 65.4 Å². The molecular weight excluding hydrogens is 536 g/mol. The van der Waals surface area contributed by atoms with Crippen LogP contribution in [0.4, 0.5) is 0 Å². The van der Waals surface area contributed by atoms with Crippen LogP contribution in [-0.2, 0) is 36.9 Å². The van der Waals surface area contributed by atoms with E-state index in [1.54, 1.807) is 45.0 Å². The second-order valence-corrected chi connectivity index (χ2v) is 10.3. The monoisotopic (exact) mass is 574 g/mol. The van der Waals surface area contributed by atoms with Gasteiger partial charge in [-0.25, -0.2) is 14.4 Å². The highest BCUT2D eigenvalue weighted by molar-refractivity contribution is 5.89. The van der Waals surface area contributed by atoms with E-state index < -0.39 is 11.6 Å². The Labute approximate surface area is 246 Å². The Kier molecular flexibility index (Phi) is 11.9. The van der Waals surface area contributed by atoms with Crippen molar-refractivity contribution in [2.45, 2.75) is 59.3 Å². The summed E-state index contributed by atoms with van der Waals surface area (Å²) < 4.78 is 16.3. The molecule has 8 heteroatoms. The number of esters is 2. The zero-order valence-electron chi connectivity index (χ0n) is 24.6. The normalized spacial score (nSPS) is 10.7. The molecule has 0 saturated carbocycles. The molecule has 0 saturated heterocycles. The van der Waals surface area contributed by atoms with Gasteiger partial charge in [-0.3, -0.25) is 0 Å². The summed E-state index contributed by atoms with van der Waals surface area (Å²) in [4.78, 5) is 46.6. The number of aryl methyl sites for hydroxylation is 2. The third kappa shape index (κ3) is 9.59. The second-order valence-electron chi connectivity index (χ2n) is 10.3. The van der Waals surface area contributed by atoms with E-state index in [1.165, 1.54) is 0 Å². The van der Waals surface area contributed by atoms with Crippen LogP contribution in [0.15, 0.2) is 88.3 Å². The third-order valence-corrected chi connectivity index (χ3v) is 6.26. The molecule has 2 aromatic carbocycles. The van der Waals surface area contributed by atoms with Gasteiger partial charge in [0.15, 0.2) is 0 Å². The van der Waals surface area contributed by atoms with Gasteiger partial charge in [0, 0.05) is 16.5 Å². The first-order valence-corrected chi connectivity index (χ1v) is 13.9. The van der Waals surface area contributed by atoms with Gasteiger partial charge in [0.25, 0.3) is 0 Å². The summed E-state index contributed by atoms with van der Waals surface area (Å²) in [5, 5.41) is 0.811. The van der Waals surface area contributed by atoms with Crippen LogP contribution in [0.5, 0.6) is 5.75 Å². The Morgan fingerprint density at radius 3 is 2.14 bits per heavy atom. The molecule has 3 rings (SSSR count). The molecule has 0 aliphatic rings. The van der Waals surface area contributed by atoms with E-state index in [-0.39, 0.29) is 5.97 Å². The van der Waals surface area contributed by atoms with Crippen molar-refractivity contribution in [3.63, 3.8) is 0 Å². The molecular formula is C34H38O8. The molecule has 0 aliphatic carbocycles. The summed E-state index contributed by atoms with van der Waals surface area (Å²) in [6.07, 6.45) is 4.52. The van der Waals surface area contributed by atoms with Gasteiger partial charge in [-0.2, -0.15) is 4.89 Å². The SMILES string of the molecule is C=C(C)OOCCCCc1cc(CCCCOC(=O)C(=C)C)cc2cc(-c3ccc(OC(=O)C(=C)C)cc3)c(=O)oc12. The van der Waals surface area contributed by atoms with Crippen molar-refractivity contribution in [1.82, 2.24) is 0 Å². The lowest BCUT2D eigenvalue weighted by molar-refractivity contribution is -0.261. The predicted octanol–water partition coefficient (Wildman–Crippen LogP) is 7.19. The van der Waals surface area contributed by atoms with Crippen molar-refractivity contribution in [3.8, 4) is 16.9 Å². The minimum Gasteiger partial charge on any atom is -0.462 e. The van der Waals surface area contributed by atoms with Gasteiger partial charge in [0.2, 0.25) is 0 Å². The third-order valence-electron chi connectivity index (χ3n) is 6.26. The highest BCUT2D eigenvalue weighted by atomic mass is 17.2. The minimum absolute atomic E-state index is 0.293. The largest absolute Gasteiger partial charge is 0.462 e. The molecule has 0 radical (unpaired) electrons. The first-order chi connectivity index (χ1) is 20.0. The molecule has 0 fully saturated rings. The number of fused-ring (bicyclic) bond motifs is 1. The van der Waals surface area contributed by atoms with Gasteiger partial charge in [0.05, 0.1) is 18.8 Å². The van der Waals surface area contributed by atoms with Gasteiger partial charge in [0.1, 0.15) is 17.1 Å². The first kappa shape index (κ1) is 32.1. The van der Waals surface area contributed by atoms with Crippen molar-refractivity contribution < 1.29 is 33.3 Å². The summed E-state index contributed by atoms with van der Waals surface area (Å²) in [6, 6.07) is 12.6. The average Bonchev–Trinajstić information content (AvgIpc) is 2.94. The van der Waals surface area contributed by atoms with E-state index in [1.807, 2.05) is 12.1 Å². The van der Waals surface area contributed by atoms with Crippen LogP contribution in [0.1, 0.15) is 57.6 Å². The van der Waals surface area contributed by atoms with Crippen molar-refractivity contribution >= 4 is 22.9 Å². The Hall–Kier alpha value is -4.43. The van der Waals surface area contributed by atoms with Crippen LogP contribution >= 0.6 is 0 Å². The number of ether oxygens (including phenoxy) is 2. The zero-order valence-corrected chi connectivity index (χ0v) is 24.6. The highest BCUT2D eigenvalue weighted by Crippen LogP contribution is 2.28. The Bertz CT molecular complexity index is 1510. The van der Waals surface area contributed by atoms with Gasteiger partial charge in [-0.05, 0) is 100 Å². The molecule has 0 bridgehead atoms. The number of hydrogen-bond acceptors (Lipinski definition) is 8. The van der Waals surface area contributed by atoms with Gasteiger partial charge >= 0.3 is 17.6 Å². The maximum Gasteiger partial charge on any atom is 0.344 e. The fourth-order valence-corrected chi connectivity index (χ4v) is 4.14. The van der Waals surface area contributed by atoms with Crippen molar-refractivity contribution in [2.24, 2.45) is 0 Å². The Morgan fingerprint density at radius 2 is 1.48 bits per heavy atom. The number of rotatable bonds is 16. The van der Waals surface area contributed by atoms with Crippen molar-refractivity contribution in [3.05, 3.63) is 101 Å². The average molecular weight is 575 g/mol. The van der Waals surface area contributed by atoms with Gasteiger partial charge < -0.3 is 18.8 Å². The molecule has 0 atom stereocenters. The van der Waals surface area contributed by atoms with Crippen LogP contribution in [-0.4, -0.2) is 25.2 Å². The maximum atomic E-state index is 13.1. The fourth-order valence-electron chi connectivity index (χ4n) is 4.14. The van der Waals surface area contributed by atoms with E-state index in [2.05, 4.69) is 25.8 Å². The predicted molar refractivity (Wildman–Crippen MR) is 162 cm³/mol. The van der Waals surface area contributed by atoms with Gasteiger partial charge in [-0.1, -0.05) is 37.9 Å². The molecule has 1 aromatic heterocycles. The number of hydrogen-bond donors (Lipinski definition) is 0. The fraction of sp³-hybridized carbons (Fsp3) is 0.324. The molecule has 222 valence electrons. The number of allylic oxidation sites excluding steroid dienone is 1. The standard InChI is InChI=1S/C34H38O8/c1-22(2)32(35)38-17-9-7-11-25-19-27(12-8-10-18-39-42-24(5)6)31-28(20-25)21-30(34(37)41-31)26-13-15-29(16-14-26)40-33(36)23(3)4/h13-16,19-21H,1,3,5,7-12,17-18H2,2,4,6H3. The molecule has 0 aliphatic heterocycles. The van der Waals surface area contributed by atoms with Gasteiger partial charge in [-0.15, -0.1) is 0 Å². The topological polar surface area (TPSA) is 101 Å². The summed E-state index contributed by atoms with van der Waals surface area (Å²) in [7, 11) is 0. The molecule has 0 N–H and O–H groups in total. The molecule has 0 spiro atoms. The molecule has 42 heavy (non-hydrogen) atoms. The molecule has 0 amide bonds. The smallest absolute Gasteiger partial charge is 0.344 e. The quantitative estimate of drug-likeness (QED) is 0.0259. The van der Waals surface area contributed by atoms with E-state index in [9.17, 15) is 14.4 Å². The summed E-state index contributed by atoms with van der Waals surface area (Å²) in [5.74, 6) is -0.0571. The zero-order chi connectivity index (χ0) is 30.6. The van der Waals surface area contributed by atoms with Crippen LogP contribution in [0.2, 0.25) is 0 Å². The van der Waals surface area contributed by atoms with Crippen molar-refractivity contribution in [1.29, 1.82) is 0 Å². The minimum atomic E-state index is -0.517. The highest BCUT2D eigenvalue weighted by Gasteiger charge is 2.14. The van der Waals surface area contributed by atoms with E-state index in [4.69, 9.17) is 23.7 Å². The molecule has 3 aromatic rings. The summed E-state index contributed by atoms with van der Waals surface area (Å²) in [6.45, 7) is 16.5. The summed E-state index contributed by atoms with van der Waals surface area (Å²) >= 11 is 0.